The van der Waals surface area contributed by atoms with Crippen molar-refractivity contribution in [3.8, 4) is 0 Å². The Morgan fingerprint density at radius 2 is 2.29 bits per heavy atom. The summed E-state index contributed by atoms with van der Waals surface area (Å²) in [5.74, 6) is 0. The van der Waals surface area contributed by atoms with Crippen LogP contribution >= 0.6 is 11.6 Å². The van der Waals surface area contributed by atoms with Gasteiger partial charge in [-0.05, 0) is 11.6 Å². The predicted molar refractivity (Wildman–Crippen MR) is 51.4 cm³/mol. The lowest BCUT2D eigenvalue weighted by atomic mass is 10.2. The number of nitrogens with zero attached hydrogens (tertiary/aromatic N) is 2. The van der Waals surface area contributed by atoms with Gasteiger partial charge in [-0.15, -0.1) is 0 Å². The zero-order chi connectivity index (χ0) is 10.7. The van der Waals surface area contributed by atoms with Gasteiger partial charge in [0.05, 0.1) is 11.5 Å². The molecule has 1 aromatic rings. The number of hydrogen-bond donors (Lipinski definition) is 1. The van der Waals surface area contributed by atoms with Crippen LogP contribution in [-0.2, 0) is 6.54 Å². The molecule has 0 saturated heterocycles. The largest absolute Gasteiger partial charge is 0.314 e. The van der Waals surface area contributed by atoms with E-state index in [1.807, 2.05) is 0 Å². The Labute approximate surface area is 85.6 Å². The Hall–Kier alpha value is -1.17. The van der Waals surface area contributed by atoms with Gasteiger partial charge in [-0.25, -0.2) is 0 Å². The first-order valence-corrected chi connectivity index (χ1v) is 4.21. The van der Waals surface area contributed by atoms with Gasteiger partial charge in [0.1, 0.15) is 0 Å². The number of benzene rings is 1. The summed E-state index contributed by atoms with van der Waals surface area (Å²) in [5, 5.41) is 20.7. The van der Waals surface area contributed by atoms with Gasteiger partial charge >= 0.3 is 0 Å². The molecule has 0 atom stereocenters. The minimum atomic E-state index is -0.503. The van der Waals surface area contributed by atoms with Crippen LogP contribution in [0.25, 0.3) is 0 Å². The van der Waals surface area contributed by atoms with Gasteiger partial charge in [-0.3, -0.25) is 10.1 Å². The van der Waals surface area contributed by atoms with Gasteiger partial charge in [0.15, 0.2) is 0 Å². The number of non-ortho nitro benzene ring substituents is 1. The number of rotatable bonds is 3. The number of hydroxylamine groups is 2. The van der Waals surface area contributed by atoms with Gasteiger partial charge in [0.25, 0.3) is 5.69 Å². The van der Waals surface area contributed by atoms with Gasteiger partial charge in [-0.1, -0.05) is 11.6 Å². The number of nitro benzene ring substituents is 1. The molecule has 0 radical (unpaired) electrons. The topological polar surface area (TPSA) is 66.6 Å². The van der Waals surface area contributed by atoms with Crippen molar-refractivity contribution in [2.24, 2.45) is 0 Å². The minimum absolute atomic E-state index is 0.0359. The molecule has 0 aliphatic heterocycles. The van der Waals surface area contributed by atoms with E-state index in [0.29, 0.717) is 10.6 Å². The molecule has 14 heavy (non-hydrogen) atoms. The van der Waals surface area contributed by atoms with Crippen molar-refractivity contribution in [3.05, 3.63) is 38.9 Å². The molecule has 0 unspecified atom stereocenters. The molecule has 5 nitrogen and oxygen atoms in total. The van der Waals surface area contributed by atoms with Crippen molar-refractivity contribution < 1.29 is 10.1 Å². The molecule has 0 aromatic heterocycles. The number of halogens is 1. The zero-order valence-electron chi connectivity index (χ0n) is 7.48. The fourth-order valence-electron chi connectivity index (χ4n) is 1.04. The second-order valence-electron chi connectivity index (χ2n) is 2.85. The fraction of sp³-hybridized carbons (Fsp3) is 0.250. The second-order valence-corrected chi connectivity index (χ2v) is 3.26. The highest BCUT2D eigenvalue weighted by atomic mass is 35.5. The molecule has 1 aromatic carbocycles. The molecular formula is C8H9ClN2O3. The lowest BCUT2D eigenvalue weighted by Gasteiger charge is -2.08. The summed E-state index contributed by atoms with van der Waals surface area (Å²) < 4.78 is 0. The average molecular weight is 217 g/mol. The van der Waals surface area contributed by atoms with E-state index in [4.69, 9.17) is 16.8 Å². The Morgan fingerprint density at radius 3 is 2.79 bits per heavy atom. The van der Waals surface area contributed by atoms with E-state index in [2.05, 4.69) is 0 Å². The lowest BCUT2D eigenvalue weighted by Crippen LogP contribution is -2.12. The van der Waals surface area contributed by atoms with Crippen LogP contribution in [0.5, 0.6) is 0 Å². The van der Waals surface area contributed by atoms with Crippen LogP contribution in [-0.4, -0.2) is 22.2 Å². The standard InChI is InChI=1S/C8H9ClN2O3/c1-10(12)5-6-4-7(11(13)14)2-3-8(6)9/h2-4,12H,5H2,1H3. The molecule has 0 fully saturated rings. The second kappa shape index (κ2) is 4.36. The van der Waals surface area contributed by atoms with E-state index >= 15 is 0 Å². The van der Waals surface area contributed by atoms with E-state index in [-0.39, 0.29) is 12.2 Å². The quantitative estimate of drug-likeness (QED) is 0.621. The highest BCUT2D eigenvalue weighted by molar-refractivity contribution is 6.31. The maximum atomic E-state index is 10.4. The molecule has 0 heterocycles. The van der Waals surface area contributed by atoms with Crippen molar-refractivity contribution in [1.29, 1.82) is 0 Å². The molecule has 6 heteroatoms. The molecule has 1 N–H and O–H groups in total. The van der Waals surface area contributed by atoms with Crippen LogP contribution in [0.1, 0.15) is 5.56 Å². The first kappa shape index (κ1) is 10.9. The van der Waals surface area contributed by atoms with Crippen LogP contribution in [0.3, 0.4) is 0 Å². The first-order valence-electron chi connectivity index (χ1n) is 3.83. The third kappa shape index (κ3) is 2.66. The van der Waals surface area contributed by atoms with E-state index in [1.54, 1.807) is 0 Å². The summed E-state index contributed by atoms with van der Waals surface area (Å²) in [6.45, 7) is 0.153. The molecule has 0 amide bonds. The monoisotopic (exact) mass is 216 g/mol. The van der Waals surface area contributed by atoms with E-state index < -0.39 is 4.92 Å². The summed E-state index contributed by atoms with van der Waals surface area (Å²) in [7, 11) is 1.44. The summed E-state index contributed by atoms with van der Waals surface area (Å²) in [5.41, 5.74) is 0.483. The van der Waals surface area contributed by atoms with E-state index in [1.165, 1.54) is 25.2 Å². The maximum Gasteiger partial charge on any atom is 0.269 e. The van der Waals surface area contributed by atoms with Crippen molar-refractivity contribution in [1.82, 2.24) is 5.06 Å². The molecule has 0 bridgehead atoms. The Morgan fingerprint density at radius 1 is 1.64 bits per heavy atom. The van der Waals surface area contributed by atoms with Gasteiger partial charge in [0.2, 0.25) is 0 Å². The summed E-state index contributed by atoms with van der Waals surface area (Å²) in [4.78, 5) is 9.93. The Bertz CT molecular complexity index is 354. The van der Waals surface area contributed by atoms with Crippen molar-refractivity contribution in [3.63, 3.8) is 0 Å². The highest BCUT2D eigenvalue weighted by Gasteiger charge is 2.10. The average Bonchev–Trinajstić information content (AvgIpc) is 2.07. The summed E-state index contributed by atoms with van der Waals surface area (Å²) >= 11 is 5.78. The lowest BCUT2D eigenvalue weighted by molar-refractivity contribution is -0.384. The number of hydrogen-bond acceptors (Lipinski definition) is 4. The van der Waals surface area contributed by atoms with Crippen molar-refractivity contribution in [2.45, 2.75) is 6.54 Å². The summed E-state index contributed by atoms with van der Waals surface area (Å²) in [6.07, 6.45) is 0. The van der Waals surface area contributed by atoms with Crippen LogP contribution in [0.15, 0.2) is 18.2 Å². The third-order valence-corrected chi connectivity index (χ3v) is 2.01. The Balaban J connectivity index is 3.02. The normalized spacial score (nSPS) is 10.6. The summed E-state index contributed by atoms with van der Waals surface area (Å²) in [6, 6.07) is 4.11. The van der Waals surface area contributed by atoms with E-state index in [9.17, 15) is 10.1 Å². The predicted octanol–water partition coefficient (Wildman–Crippen LogP) is 2.07. The molecule has 0 spiro atoms. The fourth-order valence-corrected chi connectivity index (χ4v) is 1.22. The molecule has 76 valence electrons. The molecular weight excluding hydrogens is 208 g/mol. The Kier molecular flexibility index (Phi) is 3.40. The maximum absolute atomic E-state index is 10.4. The molecule has 0 saturated carbocycles. The van der Waals surface area contributed by atoms with E-state index in [0.717, 1.165) is 5.06 Å². The van der Waals surface area contributed by atoms with Gasteiger partial charge < -0.3 is 5.21 Å². The van der Waals surface area contributed by atoms with Crippen molar-refractivity contribution >= 4 is 17.3 Å². The third-order valence-electron chi connectivity index (χ3n) is 1.64. The van der Waals surface area contributed by atoms with Crippen LogP contribution in [0.2, 0.25) is 5.02 Å². The van der Waals surface area contributed by atoms with Crippen molar-refractivity contribution in [2.75, 3.05) is 7.05 Å². The number of nitro groups is 1. The molecule has 0 aliphatic rings. The van der Waals surface area contributed by atoms with Crippen LogP contribution < -0.4 is 0 Å². The van der Waals surface area contributed by atoms with Crippen LogP contribution in [0.4, 0.5) is 5.69 Å². The SMILES string of the molecule is CN(O)Cc1cc([N+](=O)[O-])ccc1Cl. The zero-order valence-corrected chi connectivity index (χ0v) is 8.23. The minimum Gasteiger partial charge on any atom is -0.314 e. The molecule has 1 rings (SSSR count). The molecule has 0 aliphatic carbocycles. The van der Waals surface area contributed by atoms with Gasteiger partial charge in [0, 0.05) is 24.2 Å². The highest BCUT2D eigenvalue weighted by Crippen LogP contribution is 2.22. The first-order chi connectivity index (χ1) is 6.50. The smallest absolute Gasteiger partial charge is 0.269 e. The van der Waals surface area contributed by atoms with Gasteiger partial charge in [-0.2, -0.15) is 5.06 Å². The van der Waals surface area contributed by atoms with Crippen LogP contribution in [0, 0.1) is 10.1 Å².